The topological polar surface area (TPSA) is 85.7 Å². The van der Waals surface area contributed by atoms with Crippen LogP contribution >= 0.6 is 0 Å². The summed E-state index contributed by atoms with van der Waals surface area (Å²) in [5, 5.41) is 10.7. The van der Waals surface area contributed by atoms with Gasteiger partial charge >= 0.3 is 11.9 Å². The number of hydrogen-bond donors (Lipinski definition) is 1. The van der Waals surface area contributed by atoms with Gasteiger partial charge in [-0.2, -0.15) is 0 Å². The van der Waals surface area contributed by atoms with Crippen LogP contribution in [0.3, 0.4) is 0 Å². The highest BCUT2D eigenvalue weighted by Gasteiger charge is 2.40. The van der Waals surface area contributed by atoms with E-state index >= 15 is 0 Å². The highest BCUT2D eigenvalue weighted by molar-refractivity contribution is 6.74. The van der Waals surface area contributed by atoms with Crippen molar-refractivity contribution in [2.24, 2.45) is 5.92 Å². The number of aliphatic carboxylic acids is 1. The second-order valence-electron chi connectivity index (χ2n) is 9.75. The first-order valence-electron chi connectivity index (χ1n) is 10.9. The van der Waals surface area contributed by atoms with Crippen LogP contribution < -0.4 is 0 Å². The first-order chi connectivity index (χ1) is 14.7. The van der Waals surface area contributed by atoms with Gasteiger partial charge in [0.25, 0.3) is 0 Å². The zero-order chi connectivity index (χ0) is 24.3. The number of ether oxygens (including phenoxy) is 1. The second-order valence-corrected chi connectivity index (χ2v) is 14.5. The van der Waals surface area contributed by atoms with Crippen molar-refractivity contribution >= 4 is 37.2 Å². The Labute approximate surface area is 191 Å². The Morgan fingerprint density at radius 2 is 1.75 bits per heavy atom. The standard InChI is InChI=1S/C25H35NO5Si/c1-16(31-32(7,8)25(4,5)6)21(24(28)29)13-10-19-9-11-20-12-14-22(26-23(20)15-19)17(2)30-18(3)27/h9-17,21H,1-8H3,(H,28,29). The van der Waals surface area contributed by atoms with E-state index in [1.54, 1.807) is 19.1 Å². The number of benzene rings is 1. The number of aromatic nitrogens is 1. The van der Waals surface area contributed by atoms with E-state index < -0.39 is 32.4 Å². The normalized spacial score (nSPS) is 15.5. The number of carbonyl (C=O) groups excluding carboxylic acids is 1. The number of carbonyl (C=O) groups is 2. The lowest BCUT2D eigenvalue weighted by Gasteiger charge is -2.39. The number of esters is 1. The molecule has 2 rings (SSSR count). The van der Waals surface area contributed by atoms with Gasteiger partial charge in [-0.1, -0.05) is 51.1 Å². The number of pyridine rings is 1. The molecule has 0 spiro atoms. The van der Waals surface area contributed by atoms with Crippen LogP contribution in [0.2, 0.25) is 18.1 Å². The van der Waals surface area contributed by atoms with Crippen molar-refractivity contribution in [2.45, 2.75) is 71.9 Å². The summed E-state index contributed by atoms with van der Waals surface area (Å²) in [5.41, 5.74) is 2.25. The van der Waals surface area contributed by atoms with E-state index in [0.717, 1.165) is 16.5 Å². The van der Waals surface area contributed by atoms with Crippen LogP contribution in [-0.4, -0.2) is 36.5 Å². The molecule has 1 heterocycles. The molecule has 2 aromatic rings. The zero-order valence-corrected chi connectivity index (χ0v) is 21.3. The molecule has 0 amide bonds. The lowest BCUT2D eigenvalue weighted by atomic mass is 10.0. The van der Waals surface area contributed by atoms with Gasteiger partial charge in [0, 0.05) is 12.3 Å². The highest BCUT2D eigenvalue weighted by atomic mass is 28.4. The van der Waals surface area contributed by atoms with Crippen molar-refractivity contribution in [3.63, 3.8) is 0 Å². The van der Waals surface area contributed by atoms with Crippen molar-refractivity contribution in [3.8, 4) is 0 Å². The monoisotopic (exact) mass is 457 g/mol. The van der Waals surface area contributed by atoms with Gasteiger partial charge in [0.05, 0.1) is 23.2 Å². The van der Waals surface area contributed by atoms with Crippen LogP contribution in [0.25, 0.3) is 17.0 Å². The Balaban J connectivity index is 2.27. The van der Waals surface area contributed by atoms with E-state index in [1.807, 2.05) is 37.3 Å². The number of nitrogens with zero attached hydrogens (tertiary/aromatic N) is 1. The molecular weight excluding hydrogens is 422 g/mol. The lowest BCUT2D eigenvalue weighted by Crippen LogP contribution is -2.45. The molecule has 0 aliphatic rings. The molecule has 6 nitrogen and oxygen atoms in total. The molecule has 7 heteroatoms. The maximum absolute atomic E-state index is 11.9. The number of carboxylic acids is 1. The minimum Gasteiger partial charge on any atom is -0.481 e. The molecule has 0 saturated carbocycles. The van der Waals surface area contributed by atoms with Gasteiger partial charge in [-0.15, -0.1) is 0 Å². The number of fused-ring (bicyclic) bond motifs is 1. The molecule has 32 heavy (non-hydrogen) atoms. The summed E-state index contributed by atoms with van der Waals surface area (Å²) in [6.07, 6.45) is 2.60. The Kier molecular flexibility index (Phi) is 8.01. The molecule has 0 aliphatic carbocycles. The Bertz CT molecular complexity index is 1010. The maximum Gasteiger partial charge on any atom is 0.312 e. The maximum atomic E-state index is 11.9. The molecule has 1 aromatic heterocycles. The van der Waals surface area contributed by atoms with Gasteiger partial charge < -0.3 is 14.3 Å². The van der Waals surface area contributed by atoms with E-state index in [2.05, 4.69) is 38.8 Å². The SMILES string of the molecule is CC(=O)OC(C)c1ccc2ccc(C=CC(C(=O)O)C(C)O[Si](C)(C)C(C)(C)C)cc2n1. The molecule has 0 radical (unpaired) electrons. The third-order valence-electron chi connectivity index (χ3n) is 6.07. The minimum atomic E-state index is -2.09. The van der Waals surface area contributed by atoms with E-state index in [9.17, 15) is 14.7 Å². The Morgan fingerprint density at radius 3 is 2.31 bits per heavy atom. The third kappa shape index (κ3) is 6.50. The molecular formula is C25H35NO5Si. The van der Waals surface area contributed by atoms with Gasteiger partial charge in [-0.25, -0.2) is 4.98 Å². The third-order valence-corrected chi connectivity index (χ3v) is 10.6. The summed E-state index contributed by atoms with van der Waals surface area (Å²) in [5.74, 6) is -2.03. The van der Waals surface area contributed by atoms with Crippen LogP contribution in [-0.2, 0) is 18.8 Å². The first-order valence-corrected chi connectivity index (χ1v) is 13.8. The van der Waals surface area contributed by atoms with Crippen LogP contribution in [0.1, 0.15) is 58.9 Å². The molecule has 1 aromatic carbocycles. The van der Waals surface area contributed by atoms with Crippen LogP contribution in [0.4, 0.5) is 0 Å². The van der Waals surface area contributed by atoms with Gasteiger partial charge in [0.1, 0.15) is 6.10 Å². The smallest absolute Gasteiger partial charge is 0.312 e. The molecule has 1 N–H and O–H groups in total. The summed E-state index contributed by atoms with van der Waals surface area (Å²) in [7, 11) is -2.09. The van der Waals surface area contributed by atoms with Gasteiger partial charge in [-0.3, -0.25) is 9.59 Å². The average molecular weight is 458 g/mol. The fourth-order valence-corrected chi connectivity index (χ4v) is 4.59. The molecule has 0 aliphatic heterocycles. The Morgan fingerprint density at radius 1 is 1.12 bits per heavy atom. The van der Waals surface area contributed by atoms with Gasteiger partial charge in [0.2, 0.25) is 0 Å². The Hall–Kier alpha value is -2.51. The molecule has 3 atom stereocenters. The molecule has 0 bridgehead atoms. The average Bonchev–Trinajstić information content (AvgIpc) is 2.65. The van der Waals surface area contributed by atoms with Gasteiger partial charge in [0.15, 0.2) is 8.32 Å². The number of carboxylic acid groups (broad SMARTS) is 1. The van der Waals surface area contributed by atoms with Gasteiger partial charge in [-0.05, 0) is 49.7 Å². The number of hydrogen-bond acceptors (Lipinski definition) is 5. The molecule has 0 fully saturated rings. The summed E-state index contributed by atoms with van der Waals surface area (Å²) >= 11 is 0. The summed E-state index contributed by atoms with van der Waals surface area (Å²) in [6, 6.07) is 9.53. The van der Waals surface area contributed by atoms with E-state index in [-0.39, 0.29) is 11.0 Å². The largest absolute Gasteiger partial charge is 0.481 e. The van der Waals surface area contributed by atoms with Crippen molar-refractivity contribution < 1.29 is 23.9 Å². The highest BCUT2D eigenvalue weighted by Crippen LogP contribution is 2.38. The van der Waals surface area contributed by atoms with Crippen LogP contribution in [0.5, 0.6) is 0 Å². The van der Waals surface area contributed by atoms with Crippen molar-refractivity contribution in [3.05, 3.63) is 47.7 Å². The molecule has 3 unspecified atom stereocenters. The van der Waals surface area contributed by atoms with E-state index in [1.165, 1.54) is 6.92 Å². The molecule has 174 valence electrons. The lowest BCUT2D eigenvalue weighted by molar-refractivity contribution is -0.146. The second kappa shape index (κ2) is 9.96. The predicted molar refractivity (Wildman–Crippen MR) is 130 cm³/mol. The van der Waals surface area contributed by atoms with Crippen molar-refractivity contribution in [2.75, 3.05) is 0 Å². The zero-order valence-electron chi connectivity index (χ0n) is 20.3. The van der Waals surface area contributed by atoms with Crippen LogP contribution in [0, 0.1) is 5.92 Å². The fraction of sp³-hybridized carbons (Fsp3) is 0.480. The van der Waals surface area contributed by atoms with E-state index in [0.29, 0.717) is 5.69 Å². The minimum absolute atomic E-state index is 0.00100. The predicted octanol–water partition coefficient (Wildman–Crippen LogP) is 5.98. The number of rotatable bonds is 8. The van der Waals surface area contributed by atoms with Crippen molar-refractivity contribution in [1.29, 1.82) is 0 Å². The summed E-state index contributed by atoms with van der Waals surface area (Å²) in [6.45, 7) is 15.6. The quantitative estimate of drug-likeness (QED) is 0.387. The molecule has 0 saturated heterocycles. The van der Waals surface area contributed by atoms with Crippen molar-refractivity contribution in [1.82, 2.24) is 4.98 Å². The van der Waals surface area contributed by atoms with E-state index in [4.69, 9.17) is 9.16 Å². The fourth-order valence-electron chi connectivity index (χ4n) is 3.16. The van der Waals surface area contributed by atoms with Crippen LogP contribution in [0.15, 0.2) is 36.4 Å². The summed E-state index contributed by atoms with van der Waals surface area (Å²) < 4.78 is 11.5. The first kappa shape index (κ1) is 25.7. The summed E-state index contributed by atoms with van der Waals surface area (Å²) in [4.78, 5) is 27.8.